The number of ketones is 1. The highest BCUT2D eigenvalue weighted by molar-refractivity contribution is 7.80. The Morgan fingerprint density at radius 2 is 1.84 bits per heavy atom. The first-order chi connectivity index (χ1) is 15.2. The second kappa shape index (κ2) is 10.5. The van der Waals surface area contributed by atoms with E-state index >= 15 is 0 Å². The van der Waals surface area contributed by atoms with E-state index in [0.29, 0.717) is 50.8 Å². The Morgan fingerprint density at radius 3 is 2.44 bits per heavy atom. The van der Waals surface area contributed by atoms with Crippen LogP contribution >= 0.6 is 35.4 Å². The van der Waals surface area contributed by atoms with Crippen molar-refractivity contribution < 1.29 is 13.9 Å². The molecule has 0 aliphatic carbocycles. The topological polar surface area (TPSA) is 55.6 Å². The molecule has 2 aromatic carbocycles. The summed E-state index contributed by atoms with van der Waals surface area (Å²) in [5.74, 6) is 1.89. The minimum absolute atomic E-state index is 0.00974. The van der Waals surface area contributed by atoms with Crippen molar-refractivity contribution in [3.8, 4) is 17.2 Å². The molecule has 0 radical (unpaired) electrons. The minimum atomic E-state index is 0.00974. The number of oxazole rings is 1. The third-order valence-electron chi connectivity index (χ3n) is 4.75. The largest absolute Gasteiger partial charge is 0.441 e. The molecule has 0 saturated carbocycles. The van der Waals surface area contributed by atoms with Gasteiger partial charge in [-0.1, -0.05) is 37.0 Å². The second-order valence-electron chi connectivity index (χ2n) is 7.82. The minimum Gasteiger partial charge on any atom is -0.441 e. The number of aromatic nitrogens is 1. The lowest BCUT2D eigenvalue weighted by molar-refractivity contribution is 0.0982. The molecule has 0 aliphatic rings. The third-order valence-corrected chi connectivity index (χ3v) is 5.75. The van der Waals surface area contributed by atoms with Crippen LogP contribution in [0.1, 0.15) is 48.0 Å². The van der Waals surface area contributed by atoms with Crippen LogP contribution in [0.2, 0.25) is 10.0 Å². The van der Waals surface area contributed by atoms with E-state index in [4.69, 9.17) is 44.6 Å². The molecule has 0 amide bonds. The molecule has 0 saturated heterocycles. The Balaban J connectivity index is 1.72. The van der Waals surface area contributed by atoms with Gasteiger partial charge in [0.1, 0.15) is 11.5 Å². The molecule has 0 spiro atoms. The van der Waals surface area contributed by atoms with Crippen LogP contribution in [-0.4, -0.2) is 34.9 Å². The number of carbonyl (C=O) groups excluding carboxylic acids is 1. The highest BCUT2D eigenvalue weighted by Gasteiger charge is 2.20. The first kappa shape index (κ1) is 24.2. The van der Waals surface area contributed by atoms with E-state index in [1.165, 1.54) is 0 Å². The molecular weight excluding hydrogens is 467 g/mol. The summed E-state index contributed by atoms with van der Waals surface area (Å²) >= 11 is 17.4. The highest BCUT2D eigenvalue weighted by atomic mass is 35.5. The molecule has 32 heavy (non-hydrogen) atoms. The Morgan fingerprint density at radius 1 is 1.16 bits per heavy atom. The predicted molar refractivity (Wildman–Crippen MR) is 132 cm³/mol. The number of aryl methyl sites for hydroxylation is 1. The summed E-state index contributed by atoms with van der Waals surface area (Å²) < 4.78 is 11.6. The van der Waals surface area contributed by atoms with Gasteiger partial charge < -0.3 is 14.1 Å². The van der Waals surface area contributed by atoms with Crippen LogP contribution in [0.3, 0.4) is 0 Å². The number of rotatable bonds is 7. The van der Waals surface area contributed by atoms with Crippen molar-refractivity contribution in [1.82, 2.24) is 9.88 Å². The van der Waals surface area contributed by atoms with Crippen molar-refractivity contribution in [1.29, 1.82) is 0 Å². The fraction of sp³-hybridized carbons (Fsp3) is 0.292. The van der Waals surface area contributed by atoms with Gasteiger partial charge in [0.05, 0.1) is 16.3 Å². The molecule has 3 aromatic rings. The van der Waals surface area contributed by atoms with E-state index in [2.05, 4.69) is 4.98 Å². The molecule has 3 rings (SSSR count). The summed E-state index contributed by atoms with van der Waals surface area (Å²) in [6.07, 6.45) is 0.764. The monoisotopic (exact) mass is 490 g/mol. The number of nitrogens with zero attached hydrogens (tertiary/aromatic N) is 2. The molecule has 0 atom stereocenters. The van der Waals surface area contributed by atoms with Gasteiger partial charge in [-0.25, -0.2) is 4.98 Å². The van der Waals surface area contributed by atoms with Crippen LogP contribution in [0.5, 0.6) is 5.75 Å². The quantitative estimate of drug-likeness (QED) is 0.267. The lowest BCUT2D eigenvalue weighted by atomic mass is 10.0. The Kier molecular flexibility index (Phi) is 7.93. The van der Waals surface area contributed by atoms with Crippen molar-refractivity contribution in [2.24, 2.45) is 0 Å². The fourth-order valence-electron chi connectivity index (χ4n) is 3.05. The highest BCUT2D eigenvalue weighted by Crippen LogP contribution is 2.33. The van der Waals surface area contributed by atoms with Gasteiger partial charge in [0.2, 0.25) is 5.89 Å². The van der Waals surface area contributed by atoms with E-state index in [-0.39, 0.29) is 11.7 Å². The zero-order chi connectivity index (χ0) is 23.4. The zero-order valence-corrected chi connectivity index (χ0v) is 20.6. The summed E-state index contributed by atoms with van der Waals surface area (Å²) in [4.78, 5) is 19.1. The van der Waals surface area contributed by atoms with Gasteiger partial charge in [0.15, 0.2) is 5.78 Å². The number of thiocarbonyl (C=S) groups is 1. The summed E-state index contributed by atoms with van der Waals surface area (Å²) in [7, 11) is 3.61. The van der Waals surface area contributed by atoms with Crippen molar-refractivity contribution in [3.05, 3.63) is 69.5 Å². The number of hydrogen-bond donors (Lipinski definition) is 0. The average molecular weight is 491 g/mol. The molecule has 0 fully saturated rings. The lowest BCUT2D eigenvalue weighted by Crippen LogP contribution is -2.24. The Hall–Kier alpha value is -2.41. The number of halogens is 2. The summed E-state index contributed by atoms with van der Waals surface area (Å²) in [5.41, 5.74) is 2.02. The summed E-state index contributed by atoms with van der Waals surface area (Å²) in [6.45, 7) is 4.05. The smallest absolute Gasteiger partial charge is 0.264 e. The molecule has 0 N–H and O–H groups in total. The van der Waals surface area contributed by atoms with Crippen LogP contribution in [0, 0.1) is 0 Å². The second-order valence-corrected chi connectivity index (χ2v) is 9.01. The first-order valence-electron chi connectivity index (χ1n) is 10.1. The predicted octanol–water partition coefficient (Wildman–Crippen LogP) is 6.81. The number of hydrogen-bond acceptors (Lipinski definition) is 5. The van der Waals surface area contributed by atoms with E-state index in [1.807, 2.05) is 27.9 Å². The standard InChI is InChI=1S/C24H24Cl2N2O3S/c1-14(2)22-20(27-23(31-22)18-10-7-16(25)13-19(18)26)11-12-21(29)15-5-8-17(9-6-15)30-24(32)28(3)4/h5-10,13-14H,11-12H2,1-4H3. The fourth-order valence-corrected chi connectivity index (χ4v) is 3.63. The van der Waals surface area contributed by atoms with Crippen LogP contribution in [0.25, 0.3) is 11.5 Å². The maximum absolute atomic E-state index is 12.7. The van der Waals surface area contributed by atoms with Gasteiger partial charge in [-0.2, -0.15) is 0 Å². The number of benzene rings is 2. The maximum Gasteiger partial charge on any atom is 0.264 e. The molecular formula is C24H24Cl2N2O3S. The first-order valence-corrected chi connectivity index (χ1v) is 11.3. The molecule has 1 aromatic heterocycles. The van der Waals surface area contributed by atoms with Gasteiger partial charge in [-0.15, -0.1) is 0 Å². The van der Waals surface area contributed by atoms with Gasteiger partial charge in [-0.3, -0.25) is 4.79 Å². The molecule has 1 heterocycles. The van der Waals surface area contributed by atoms with E-state index in [0.717, 1.165) is 11.5 Å². The Bertz CT molecular complexity index is 1120. The van der Waals surface area contributed by atoms with E-state index < -0.39 is 0 Å². The van der Waals surface area contributed by atoms with Crippen molar-refractivity contribution >= 4 is 46.4 Å². The molecule has 168 valence electrons. The number of carbonyl (C=O) groups is 1. The molecule has 0 unspecified atom stereocenters. The van der Waals surface area contributed by atoms with Crippen molar-refractivity contribution in [2.45, 2.75) is 32.6 Å². The summed E-state index contributed by atoms with van der Waals surface area (Å²) in [5, 5.41) is 1.36. The van der Waals surface area contributed by atoms with Gasteiger partial charge in [-0.05, 0) is 54.7 Å². The average Bonchev–Trinajstić information content (AvgIpc) is 3.16. The zero-order valence-electron chi connectivity index (χ0n) is 18.3. The number of Topliss-reactive ketones (excluding diaryl/α,β-unsaturated/α-hetero) is 1. The van der Waals surface area contributed by atoms with Crippen LogP contribution < -0.4 is 4.74 Å². The normalized spacial score (nSPS) is 11.0. The molecule has 0 aliphatic heterocycles. The van der Waals surface area contributed by atoms with Gasteiger partial charge in [0.25, 0.3) is 5.17 Å². The molecule has 8 heteroatoms. The van der Waals surface area contributed by atoms with E-state index in [9.17, 15) is 4.79 Å². The van der Waals surface area contributed by atoms with Crippen molar-refractivity contribution in [2.75, 3.05) is 14.1 Å². The third kappa shape index (κ3) is 5.88. The van der Waals surface area contributed by atoms with Gasteiger partial charge in [0, 0.05) is 43.4 Å². The molecule has 0 bridgehead atoms. The van der Waals surface area contributed by atoms with Gasteiger partial charge >= 0.3 is 0 Å². The van der Waals surface area contributed by atoms with Crippen molar-refractivity contribution in [3.63, 3.8) is 0 Å². The molecule has 5 nitrogen and oxygen atoms in total. The van der Waals surface area contributed by atoms with E-state index in [1.54, 1.807) is 47.4 Å². The Labute approximate surface area is 203 Å². The number of ether oxygens (including phenoxy) is 1. The lowest BCUT2D eigenvalue weighted by Gasteiger charge is -2.14. The van der Waals surface area contributed by atoms with Crippen LogP contribution in [0.15, 0.2) is 46.9 Å². The van der Waals surface area contributed by atoms with Crippen LogP contribution in [-0.2, 0) is 6.42 Å². The van der Waals surface area contributed by atoms with Crippen LogP contribution in [0.4, 0.5) is 0 Å². The summed E-state index contributed by atoms with van der Waals surface area (Å²) in [6, 6.07) is 12.1. The SMILES string of the molecule is CC(C)c1oc(-c2ccc(Cl)cc2Cl)nc1CCC(=O)c1ccc(OC(=S)N(C)C)cc1. The maximum atomic E-state index is 12.7.